The molecule has 0 bridgehead atoms. The standard InChI is InChI=1S/C22H26N4O2/c27-20-22(18-10-14-23-15-11-18,12-9-17-6-2-1-3-7-17)25-21(28)26(20)16-19-8-4-5-13-24-19/h1-8,13,18,23H,9-12,14-16H2,(H,25,28). The van der Waals surface area contributed by atoms with E-state index in [9.17, 15) is 9.59 Å². The molecule has 2 saturated heterocycles. The van der Waals surface area contributed by atoms with Gasteiger partial charge < -0.3 is 10.6 Å². The molecule has 0 spiro atoms. The molecule has 2 fully saturated rings. The van der Waals surface area contributed by atoms with Gasteiger partial charge in [-0.25, -0.2) is 4.79 Å². The number of piperidine rings is 1. The van der Waals surface area contributed by atoms with Crippen molar-refractivity contribution in [3.63, 3.8) is 0 Å². The maximum absolute atomic E-state index is 13.6. The van der Waals surface area contributed by atoms with Gasteiger partial charge in [0.15, 0.2) is 0 Å². The number of hydrogen-bond donors (Lipinski definition) is 2. The van der Waals surface area contributed by atoms with Gasteiger partial charge in [-0.15, -0.1) is 0 Å². The van der Waals surface area contributed by atoms with Crippen LogP contribution >= 0.6 is 0 Å². The van der Waals surface area contributed by atoms with Crippen molar-refractivity contribution in [3.8, 4) is 0 Å². The molecule has 0 saturated carbocycles. The lowest BCUT2D eigenvalue weighted by atomic mass is 9.74. The number of carbonyl (C=O) groups excluding carboxylic acids is 2. The van der Waals surface area contributed by atoms with E-state index in [4.69, 9.17) is 0 Å². The zero-order valence-electron chi connectivity index (χ0n) is 15.9. The lowest BCUT2D eigenvalue weighted by Crippen LogP contribution is -2.56. The van der Waals surface area contributed by atoms with Crippen molar-refractivity contribution in [2.45, 2.75) is 37.8 Å². The van der Waals surface area contributed by atoms with Crippen molar-refractivity contribution >= 4 is 11.9 Å². The van der Waals surface area contributed by atoms with Crippen molar-refractivity contribution in [1.29, 1.82) is 0 Å². The summed E-state index contributed by atoms with van der Waals surface area (Å²) in [6.45, 7) is 1.96. The van der Waals surface area contributed by atoms with Gasteiger partial charge in [0.05, 0.1) is 12.2 Å². The maximum atomic E-state index is 13.6. The first-order valence-electron chi connectivity index (χ1n) is 9.98. The Hall–Kier alpha value is -2.73. The van der Waals surface area contributed by atoms with Crippen LogP contribution in [-0.4, -0.2) is 40.5 Å². The van der Waals surface area contributed by atoms with Gasteiger partial charge in [0, 0.05) is 6.20 Å². The second kappa shape index (κ2) is 8.10. The van der Waals surface area contributed by atoms with Gasteiger partial charge in [-0.2, -0.15) is 0 Å². The van der Waals surface area contributed by atoms with Gasteiger partial charge in [0.2, 0.25) is 0 Å². The number of amides is 3. The first-order chi connectivity index (χ1) is 13.7. The summed E-state index contributed by atoms with van der Waals surface area (Å²) in [6.07, 6.45) is 4.83. The SMILES string of the molecule is O=C1NC(CCc2ccccc2)(C2CCNCC2)C(=O)N1Cc1ccccn1. The van der Waals surface area contributed by atoms with Crippen LogP contribution in [0.4, 0.5) is 4.79 Å². The van der Waals surface area contributed by atoms with E-state index in [1.165, 1.54) is 10.5 Å². The molecule has 3 amide bonds. The number of urea groups is 1. The topological polar surface area (TPSA) is 74.3 Å². The highest BCUT2D eigenvalue weighted by atomic mass is 16.2. The third-order valence-corrected chi connectivity index (χ3v) is 5.94. The van der Waals surface area contributed by atoms with E-state index in [-0.39, 0.29) is 24.4 Å². The summed E-state index contributed by atoms with van der Waals surface area (Å²) in [5.74, 6) is 0.0358. The number of nitrogens with zero attached hydrogens (tertiary/aromatic N) is 2. The molecule has 1 aromatic heterocycles. The fourth-order valence-electron chi connectivity index (χ4n) is 4.39. The Kier molecular flexibility index (Phi) is 5.39. The van der Waals surface area contributed by atoms with Crippen LogP contribution in [0.2, 0.25) is 0 Å². The number of pyridine rings is 1. The predicted octanol–water partition coefficient (Wildman–Crippen LogP) is 2.50. The van der Waals surface area contributed by atoms with E-state index >= 15 is 0 Å². The lowest BCUT2D eigenvalue weighted by Gasteiger charge is -2.38. The molecule has 6 nitrogen and oxygen atoms in total. The number of aromatic nitrogens is 1. The molecule has 1 unspecified atom stereocenters. The van der Waals surface area contributed by atoms with Crippen LogP contribution in [-0.2, 0) is 17.8 Å². The monoisotopic (exact) mass is 378 g/mol. The maximum Gasteiger partial charge on any atom is 0.325 e. The Morgan fingerprint density at radius 1 is 1.04 bits per heavy atom. The van der Waals surface area contributed by atoms with Gasteiger partial charge >= 0.3 is 6.03 Å². The third kappa shape index (κ3) is 3.64. The molecule has 2 aliphatic heterocycles. The van der Waals surface area contributed by atoms with Crippen LogP contribution < -0.4 is 10.6 Å². The summed E-state index contributed by atoms with van der Waals surface area (Å²) in [5.41, 5.74) is 1.07. The minimum absolute atomic E-state index is 0.106. The molecule has 0 aliphatic carbocycles. The second-order valence-electron chi connectivity index (χ2n) is 7.62. The fraction of sp³-hybridized carbons (Fsp3) is 0.409. The number of benzene rings is 1. The van der Waals surface area contributed by atoms with Crippen LogP contribution in [0.5, 0.6) is 0 Å². The normalized spacial score (nSPS) is 23.1. The Labute approximate surface area is 165 Å². The molecule has 3 heterocycles. The van der Waals surface area contributed by atoms with Crippen LogP contribution in [0.15, 0.2) is 54.7 Å². The van der Waals surface area contributed by atoms with E-state index < -0.39 is 5.54 Å². The molecule has 6 heteroatoms. The van der Waals surface area contributed by atoms with Gasteiger partial charge in [0.25, 0.3) is 5.91 Å². The second-order valence-corrected chi connectivity index (χ2v) is 7.62. The number of hydrogen-bond acceptors (Lipinski definition) is 4. The number of rotatable bonds is 6. The van der Waals surface area contributed by atoms with Crippen molar-refractivity contribution in [2.75, 3.05) is 13.1 Å². The highest BCUT2D eigenvalue weighted by Gasteiger charge is 2.55. The van der Waals surface area contributed by atoms with E-state index in [2.05, 4.69) is 27.8 Å². The molecule has 1 aromatic carbocycles. The molecular weight excluding hydrogens is 352 g/mol. The zero-order valence-corrected chi connectivity index (χ0v) is 15.9. The first-order valence-corrected chi connectivity index (χ1v) is 9.98. The largest absolute Gasteiger partial charge is 0.325 e. The first kappa shape index (κ1) is 18.6. The smallest absolute Gasteiger partial charge is 0.323 e. The molecule has 2 aliphatic rings. The minimum Gasteiger partial charge on any atom is -0.323 e. The van der Waals surface area contributed by atoms with Gasteiger partial charge in [-0.1, -0.05) is 36.4 Å². The van der Waals surface area contributed by atoms with E-state index in [0.717, 1.165) is 38.0 Å². The molecule has 2 aromatic rings. The van der Waals surface area contributed by atoms with Crippen LogP contribution in [0, 0.1) is 5.92 Å². The average Bonchev–Trinajstić information content (AvgIpc) is 2.99. The number of carbonyl (C=O) groups is 2. The van der Waals surface area contributed by atoms with Gasteiger partial charge in [-0.05, 0) is 62.4 Å². The van der Waals surface area contributed by atoms with Gasteiger partial charge in [0.1, 0.15) is 5.54 Å². The van der Waals surface area contributed by atoms with Gasteiger partial charge in [-0.3, -0.25) is 14.7 Å². The van der Waals surface area contributed by atoms with E-state index in [0.29, 0.717) is 6.42 Å². The summed E-state index contributed by atoms with van der Waals surface area (Å²) >= 11 is 0. The molecule has 28 heavy (non-hydrogen) atoms. The van der Waals surface area contributed by atoms with E-state index in [1.54, 1.807) is 6.20 Å². The highest BCUT2D eigenvalue weighted by molar-refractivity contribution is 6.07. The van der Waals surface area contributed by atoms with Crippen molar-refractivity contribution in [2.24, 2.45) is 5.92 Å². The number of imide groups is 1. The zero-order chi connectivity index (χ0) is 19.4. The van der Waals surface area contributed by atoms with Crippen molar-refractivity contribution in [3.05, 3.63) is 66.0 Å². The molecule has 2 N–H and O–H groups in total. The molecule has 146 valence electrons. The quantitative estimate of drug-likeness (QED) is 0.758. The summed E-state index contributed by atoms with van der Waals surface area (Å²) in [5, 5.41) is 6.47. The number of nitrogens with one attached hydrogen (secondary N) is 2. The van der Waals surface area contributed by atoms with Crippen LogP contribution in [0.3, 0.4) is 0 Å². The summed E-state index contributed by atoms with van der Waals surface area (Å²) in [4.78, 5) is 32.0. The molecule has 4 rings (SSSR count). The predicted molar refractivity (Wildman–Crippen MR) is 106 cm³/mol. The van der Waals surface area contributed by atoms with E-state index in [1.807, 2.05) is 36.4 Å². The summed E-state index contributed by atoms with van der Waals surface area (Å²) in [7, 11) is 0. The highest BCUT2D eigenvalue weighted by Crippen LogP contribution is 2.36. The Morgan fingerprint density at radius 2 is 1.79 bits per heavy atom. The fourth-order valence-corrected chi connectivity index (χ4v) is 4.39. The number of aryl methyl sites for hydroxylation is 1. The average molecular weight is 378 g/mol. The molecular formula is C22H26N4O2. The Morgan fingerprint density at radius 3 is 2.50 bits per heavy atom. The molecule has 0 radical (unpaired) electrons. The lowest BCUT2D eigenvalue weighted by molar-refractivity contribution is -0.134. The Bertz CT molecular complexity index is 821. The van der Waals surface area contributed by atoms with Crippen molar-refractivity contribution in [1.82, 2.24) is 20.5 Å². The Balaban J connectivity index is 1.59. The van der Waals surface area contributed by atoms with Crippen LogP contribution in [0.25, 0.3) is 0 Å². The molecule has 1 atom stereocenters. The minimum atomic E-state index is -0.830. The van der Waals surface area contributed by atoms with Crippen LogP contribution in [0.1, 0.15) is 30.5 Å². The summed E-state index contributed by atoms with van der Waals surface area (Å²) in [6, 6.07) is 15.4. The van der Waals surface area contributed by atoms with Crippen molar-refractivity contribution < 1.29 is 9.59 Å². The third-order valence-electron chi connectivity index (χ3n) is 5.94. The summed E-state index contributed by atoms with van der Waals surface area (Å²) < 4.78 is 0.